The normalized spacial score (nSPS) is 21.2. The fourth-order valence-corrected chi connectivity index (χ4v) is 2.43. The van der Waals surface area contributed by atoms with Crippen LogP contribution in [0, 0.1) is 0 Å². The smallest absolute Gasteiger partial charge is 0.0203 e. The number of hydrogen-bond donors (Lipinski definition) is 1. The van der Waals surface area contributed by atoms with E-state index in [1.165, 1.54) is 24.1 Å². The molecule has 60 valence electrons. The average Bonchev–Trinajstić information content (AvgIpc) is 2.36. The minimum Gasteiger partial charge on any atom is -0.325 e. The van der Waals surface area contributed by atoms with E-state index >= 15 is 0 Å². The monoisotopic (exact) mass is 167 g/mol. The lowest BCUT2D eigenvalue weighted by Crippen LogP contribution is -2.48. The molecule has 0 spiro atoms. The van der Waals surface area contributed by atoms with Gasteiger partial charge in [0, 0.05) is 10.4 Å². The lowest BCUT2D eigenvalue weighted by molar-refractivity contribution is 0.249. The predicted octanol–water partition coefficient (Wildman–Crippen LogP) is 2.17. The Morgan fingerprint density at radius 3 is 2.82 bits per heavy atom. The molecule has 1 nitrogen and oxygen atoms in total. The van der Waals surface area contributed by atoms with E-state index in [0.717, 1.165) is 6.42 Å². The average molecular weight is 167 g/mol. The van der Waals surface area contributed by atoms with E-state index < -0.39 is 0 Å². The minimum absolute atomic E-state index is 0.158. The van der Waals surface area contributed by atoms with Gasteiger partial charge in [0.1, 0.15) is 0 Å². The molecule has 0 amide bonds. The third-order valence-corrected chi connectivity index (χ3v) is 3.33. The molecule has 0 unspecified atom stereocenters. The van der Waals surface area contributed by atoms with Gasteiger partial charge in [-0.25, -0.2) is 0 Å². The van der Waals surface area contributed by atoms with Gasteiger partial charge in [0.2, 0.25) is 0 Å². The molecule has 2 rings (SSSR count). The highest BCUT2D eigenvalue weighted by Gasteiger charge is 2.32. The predicted molar refractivity (Wildman–Crippen MR) is 48.8 cm³/mol. The Morgan fingerprint density at radius 2 is 2.36 bits per heavy atom. The highest BCUT2D eigenvalue weighted by Crippen LogP contribution is 2.33. The van der Waals surface area contributed by atoms with Gasteiger partial charge in [-0.15, -0.1) is 11.3 Å². The summed E-state index contributed by atoms with van der Waals surface area (Å²) in [6.45, 7) is 0. The summed E-state index contributed by atoms with van der Waals surface area (Å²) in [6, 6.07) is 4.28. The summed E-state index contributed by atoms with van der Waals surface area (Å²) >= 11 is 1.82. The van der Waals surface area contributed by atoms with E-state index in [9.17, 15) is 0 Å². The van der Waals surface area contributed by atoms with Crippen LogP contribution < -0.4 is 5.73 Å². The van der Waals surface area contributed by atoms with Crippen molar-refractivity contribution >= 4 is 11.3 Å². The van der Waals surface area contributed by atoms with Gasteiger partial charge in [-0.05, 0) is 37.1 Å². The second-order valence-corrected chi connectivity index (χ2v) is 4.50. The molecule has 0 radical (unpaired) electrons. The largest absolute Gasteiger partial charge is 0.325 e. The molecule has 1 aromatic heterocycles. The first kappa shape index (κ1) is 7.32. The third kappa shape index (κ3) is 1.47. The molecule has 1 aliphatic rings. The van der Waals surface area contributed by atoms with Gasteiger partial charge in [-0.3, -0.25) is 0 Å². The number of rotatable bonds is 2. The molecule has 1 heterocycles. The molecule has 11 heavy (non-hydrogen) atoms. The van der Waals surface area contributed by atoms with Crippen molar-refractivity contribution in [3.63, 3.8) is 0 Å². The zero-order valence-corrected chi connectivity index (χ0v) is 7.36. The highest BCUT2D eigenvalue weighted by molar-refractivity contribution is 7.09. The molecule has 2 heteroatoms. The summed E-state index contributed by atoms with van der Waals surface area (Å²) in [7, 11) is 0. The zero-order valence-electron chi connectivity index (χ0n) is 6.55. The van der Waals surface area contributed by atoms with E-state index in [1.54, 1.807) is 0 Å². The second kappa shape index (κ2) is 2.61. The van der Waals surface area contributed by atoms with Crippen LogP contribution in [0.15, 0.2) is 17.5 Å². The number of hydrogen-bond acceptors (Lipinski definition) is 2. The van der Waals surface area contributed by atoms with Crippen LogP contribution in [0.3, 0.4) is 0 Å². The van der Waals surface area contributed by atoms with Crippen LogP contribution in [-0.2, 0) is 6.42 Å². The number of thiophene rings is 1. The maximum atomic E-state index is 6.10. The van der Waals surface area contributed by atoms with Crippen molar-refractivity contribution < 1.29 is 0 Å². The van der Waals surface area contributed by atoms with E-state index in [1.807, 2.05) is 11.3 Å². The van der Waals surface area contributed by atoms with Gasteiger partial charge >= 0.3 is 0 Å². The Balaban J connectivity index is 2.00. The summed E-state index contributed by atoms with van der Waals surface area (Å²) in [5.41, 5.74) is 6.26. The number of nitrogens with two attached hydrogens (primary N) is 1. The topological polar surface area (TPSA) is 26.0 Å². The second-order valence-electron chi connectivity index (χ2n) is 3.47. The van der Waals surface area contributed by atoms with Gasteiger partial charge in [0.15, 0.2) is 0 Å². The Hall–Kier alpha value is -0.340. The maximum Gasteiger partial charge on any atom is 0.0203 e. The molecule has 2 N–H and O–H groups in total. The van der Waals surface area contributed by atoms with E-state index in [0.29, 0.717) is 0 Å². The molecule has 1 saturated carbocycles. The van der Waals surface area contributed by atoms with Crippen molar-refractivity contribution in [3.05, 3.63) is 22.4 Å². The van der Waals surface area contributed by atoms with Crippen molar-refractivity contribution in [2.45, 2.75) is 31.2 Å². The zero-order chi connectivity index (χ0) is 7.73. The van der Waals surface area contributed by atoms with Crippen molar-refractivity contribution in [1.82, 2.24) is 0 Å². The summed E-state index contributed by atoms with van der Waals surface area (Å²) in [6.07, 6.45) is 4.84. The van der Waals surface area contributed by atoms with Crippen LogP contribution in [0.25, 0.3) is 0 Å². The van der Waals surface area contributed by atoms with Crippen molar-refractivity contribution in [2.75, 3.05) is 0 Å². The van der Waals surface area contributed by atoms with Crippen LogP contribution in [0.2, 0.25) is 0 Å². The standard InChI is InChI=1S/C9H13NS/c10-9(4-2-5-9)7-8-3-1-6-11-8/h1,3,6H,2,4-5,7,10H2. The molecule has 1 aromatic rings. The Morgan fingerprint density at radius 1 is 1.55 bits per heavy atom. The van der Waals surface area contributed by atoms with Crippen LogP contribution >= 0.6 is 11.3 Å². The molecule has 0 aliphatic heterocycles. The van der Waals surface area contributed by atoms with Gasteiger partial charge in [-0.2, -0.15) is 0 Å². The van der Waals surface area contributed by atoms with Gasteiger partial charge in [0.05, 0.1) is 0 Å². The van der Waals surface area contributed by atoms with Crippen LogP contribution in [-0.4, -0.2) is 5.54 Å². The molecule has 0 aromatic carbocycles. The maximum absolute atomic E-state index is 6.10. The fourth-order valence-electron chi connectivity index (χ4n) is 1.57. The lowest BCUT2D eigenvalue weighted by atomic mass is 9.75. The molecular formula is C9H13NS. The Bertz CT molecular complexity index is 224. The third-order valence-electron chi connectivity index (χ3n) is 2.46. The quantitative estimate of drug-likeness (QED) is 0.717. The first-order chi connectivity index (χ1) is 5.29. The lowest BCUT2D eigenvalue weighted by Gasteiger charge is -2.37. The molecule has 1 fully saturated rings. The van der Waals surface area contributed by atoms with Crippen LogP contribution in [0.1, 0.15) is 24.1 Å². The Labute approximate surface area is 71.2 Å². The SMILES string of the molecule is NC1(Cc2cccs2)CCC1. The Kier molecular flexibility index (Phi) is 1.74. The molecule has 1 aliphatic carbocycles. The van der Waals surface area contributed by atoms with E-state index in [2.05, 4.69) is 17.5 Å². The van der Waals surface area contributed by atoms with Crippen molar-refractivity contribution in [1.29, 1.82) is 0 Å². The summed E-state index contributed by atoms with van der Waals surface area (Å²) in [5, 5.41) is 2.12. The fraction of sp³-hybridized carbons (Fsp3) is 0.556. The van der Waals surface area contributed by atoms with Gasteiger partial charge in [0.25, 0.3) is 0 Å². The van der Waals surface area contributed by atoms with Gasteiger partial charge in [-0.1, -0.05) is 6.07 Å². The summed E-state index contributed by atoms with van der Waals surface area (Å²) in [4.78, 5) is 1.44. The molecular weight excluding hydrogens is 154 g/mol. The van der Waals surface area contributed by atoms with E-state index in [4.69, 9.17) is 5.73 Å². The molecule has 0 atom stereocenters. The van der Waals surface area contributed by atoms with Crippen LogP contribution in [0.5, 0.6) is 0 Å². The minimum atomic E-state index is 0.158. The first-order valence-electron chi connectivity index (χ1n) is 4.10. The molecule has 0 saturated heterocycles. The first-order valence-corrected chi connectivity index (χ1v) is 4.98. The summed E-state index contributed by atoms with van der Waals surface area (Å²) in [5.74, 6) is 0. The van der Waals surface area contributed by atoms with Crippen molar-refractivity contribution in [3.8, 4) is 0 Å². The van der Waals surface area contributed by atoms with E-state index in [-0.39, 0.29) is 5.54 Å². The molecule has 0 bridgehead atoms. The summed E-state index contributed by atoms with van der Waals surface area (Å²) < 4.78 is 0. The van der Waals surface area contributed by atoms with Crippen LogP contribution in [0.4, 0.5) is 0 Å². The van der Waals surface area contributed by atoms with Gasteiger partial charge < -0.3 is 5.73 Å². The van der Waals surface area contributed by atoms with Crippen molar-refractivity contribution in [2.24, 2.45) is 5.73 Å². The highest BCUT2D eigenvalue weighted by atomic mass is 32.1.